The third-order valence-electron chi connectivity index (χ3n) is 1.67. The van der Waals surface area contributed by atoms with Crippen LogP contribution < -0.4 is 0 Å². The molecule has 14 heavy (non-hydrogen) atoms. The Morgan fingerprint density at radius 3 is 2.50 bits per heavy atom. The van der Waals surface area contributed by atoms with Gasteiger partial charge in [0.05, 0.1) is 17.3 Å². The number of rotatable bonds is 3. The van der Waals surface area contributed by atoms with Gasteiger partial charge in [-0.2, -0.15) is 5.26 Å². The average Bonchev–Trinajstić information content (AvgIpc) is 2.20. The number of hydrogen-bond acceptors (Lipinski definition) is 5. The van der Waals surface area contributed by atoms with Gasteiger partial charge in [-0.15, -0.1) is 0 Å². The van der Waals surface area contributed by atoms with Gasteiger partial charge in [0.1, 0.15) is 0 Å². The molecule has 0 amide bonds. The number of aromatic nitrogens is 1. The fourth-order valence-electron chi connectivity index (χ4n) is 1.01. The van der Waals surface area contributed by atoms with Gasteiger partial charge < -0.3 is 22.1 Å². The predicted octanol–water partition coefficient (Wildman–Crippen LogP) is 1.15. The van der Waals surface area contributed by atoms with Crippen LogP contribution in [0.5, 0.6) is 0 Å². The molecular weight excluding hydrogens is 200 g/mol. The van der Waals surface area contributed by atoms with Gasteiger partial charge in [0.25, 0.3) is 0 Å². The van der Waals surface area contributed by atoms with E-state index in [-0.39, 0.29) is 5.03 Å². The molecule has 0 atom stereocenters. The van der Waals surface area contributed by atoms with Crippen molar-refractivity contribution in [2.45, 2.75) is 11.3 Å². The van der Waals surface area contributed by atoms with Gasteiger partial charge in [-0.3, -0.25) is 4.98 Å². The molecule has 74 valence electrons. The maximum absolute atomic E-state index is 8.64. The van der Waals surface area contributed by atoms with Crippen LogP contribution >= 0.6 is 0 Å². The second-order valence-corrected chi connectivity index (χ2v) is 2.89. The minimum absolute atomic E-state index is 0.268. The van der Waals surface area contributed by atoms with Crippen LogP contribution in [0.2, 0.25) is 0 Å². The number of ether oxygens (including phenoxy) is 2. The average molecular weight is 209 g/mol. The number of pyridine rings is 1. The summed E-state index contributed by atoms with van der Waals surface area (Å²) < 4.78 is 10.0. The molecule has 0 aliphatic rings. The molecule has 1 aromatic rings. The maximum Gasteiger partial charge on any atom is 0.200 e. The minimum atomic E-state index is -0.538. The van der Waals surface area contributed by atoms with E-state index < -0.39 is 6.29 Å². The second kappa shape index (κ2) is 4.86. The first-order valence-electron chi connectivity index (χ1n) is 3.86. The number of methoxy groups -OCH3 is 2. The molecule has 1 heterocycles. The fraction of sp³-hybridized carbons (Fsp3) is 0.333. The lowest BCUT2D eigenvalue weighted by Crippen LogP contribution is -2.07. The molecule has 0 unspecified atom stereocenters. The summed E-state index contributed by atoms with van der Waals surface area (Å²) >= 11 is 4.91. The van der Waals surface area contributed by atoms with Crippen molar-refractivity contribution in [1.29, 1.82) is 5.26 Å². The molecule has 5 heteroatoms. The van der Waals surface area contributed by atoms with Gasteiger partial charge in [-0.25, -0.2) is 0 Å². The van der Waals surface area contributed by atoms with E-state index >= 15 is 0 Å². The molecule has 0 saturated carbocycles. The molecule has 1 rings (SSSR count). The maximum atomic E-state index is 8.64. The molecule has 0 N–H and O–H groups in total. The molecule has 0 aliphatic heterocycles. The molecule has 0 aliphatic carbocycles. The van der Waals surface area contributed by atoms with Crippen molar-refractivity contribution in [1.82, 2.24) is 4.98 Å². The van der Waals surface area contributed by atoms with Crippen LogP contribution in [-0.4, -0.2) is 19.2 Å². The Morgan fingerprint density at radius 1 is 1.43 bits per heavy atom. The third kappa shape index (κ3) is 2.17. The largest absolute Gasteiger partial charge is 0.759 e. The lowest BCUT2D eigenvalue weighted by Gasteiger charge is -2.15. The summed E-state index contributed by atoms with van der Waals surface area (Å²) in [5.41, 5.74) is 0.953. The zero-order valence-electron chi connectivity index (χ0n) is 7.85. The van der Waals surface area contributed by atoms with E-state index in [9.17, 15) is 0 Å². The van der Waals surface area contributed by atoms with Gasteiger partial charge in [0, 0.05) is 14.2 Å². The van der Waals surface area contributed by atoms with E-state index in [4.69, 9.17) is 27.4 Å². The first kappa shape index (κ1) is 10.9. The third-order valence-corrected chi connectivity index (χ3v) is 1.98. The van der Waals surface area contributed by atoms with Crippen molar-refractivity contribution in [3.63, 3.8) is 0 Å². The Hall–Kier alpha value is -1.22. The summed E-state index contributed by atoms with van der Waals surface area (Å²) in [5.74, 6) is 0. The monoisotopic (exact) mass is 209 g/mol. The Bertz CT molecular complexity index is 358. The van der Waals surface area contributed by atoms with Crippen LogP contribution in [0.25, 0.3) is 0 Å². The molecular formula is C9H9N2O2S-. The van der Waals surface area contributed by atoms with E-state index in [2.05, 4.69) is 4.98 Å². The zero-order chi connectivity index (χ0) is 10.6. The van der Waals surface area contributed by atoms with Crippen LogP contribution in [0, 0.1) is 11.3 Å². The molecule has 0 radical (unpaired) electrons. The van der Waals surface area contributed by atoms with E-state index in [0.717, 1.165) is 0 Å². The Morgan fingerprint density at radius 2 is 2.07 bits per heavy atom. The van der Waals surface area contributed by atoms with Gasteiger partial charge in [0.2, 0.25) is 0 Å². The molecule has 0 saturated heterocycles. The van der Waals surface area contributed by atoms with Crippen LogP contribution in [-0.2, 0) is 22.1 Å². The van der Waals surface area contributed by atoms with E-state index in [1.54, 1.807) is 12.1 Å². The SMILES string of the molecule is COC(OC)c1ccc(C#N)c([S-])n1. The standard InChI is InChI=1S/C9H10N2O2S/c1-12-9(13-2)7-4-3-6(5-10)8(14)11-7/h3-4,9H,1-2H3,(H,11,14)/p-1. The van der Waals surface area contributed by atoms with Gasteiger partial charge in [-0.05, 0) is 12.1 Å². The van der Waals surface area contributed by atoms with E-state index in [1.807, 2.05) is 6.07 Å². The fourth-order valence-corrected chi connectivity index (χ4v) is 1.23. The Balaban J connectivity index is 3.02. The highest BCUT2D eigenvalue weighted by molar-refractivity contribution is 7.58. The van der Waals surface area contributed by atoms with Gasteiger partial charge >= 0.3 is 0 Å². The van der Waals surface area contributed by atoms with Crippen LogP contribution in [0.15, 0.2) is 17.2 Å². The van der Waals surface area contributed by atoms with Crippen molar-refractivity contribution in [3.8, 4) is 6.07 Å². The Labute approximate surface area is 87.9 Å². The lowest BCUT2D eigenvalue weighted by atomic mass is 10.2. The predicted molar refractivity (Wildman–Crippen MR) is 51.3 cm³/mol. The highest BCUT2D eigenvalue weighted by Gasteiger charge is 2.09. The summed E-state index contributed by atoms with van der Waals surface area (Å²) in [6.45, 7) is 0. The highest BCUT2D eigenvalue weighted by atomic mass is 32.1. The summed E-state index contributed by atoms with van der Waals surface area (Å²) in [6.07, 6.45) is -0.538. The van der Waals surface area contributed by atoms with E-state index in [0.29, 0.717) is 11.3 Å². The molecule has 0 spiro atoms. The van der Waals surface area contributed by atoms with Gasteiger partial charge in [0.15, 0.2) is 6.29 Å². The molecule has 4 nitrogen and oxygen atoms in total. The summed E-state index contributed by atoms with van der Waals surface area (Å²) in [6, 6.07) is 5.21. The summed E-state index contributed by atoms with van der Waals surface area (Å²) in [4.78, 5) is 4.03. The normalized spacial score (nSPS) is 10.1. The summed E-state index contributed by atoms with van der Waals surface area (Å²) in [7, 11) is 3.02. The molecule has 0 bridgehead atoms. The van der Waals surface area contributed by atoms with Crippen molar-refractivity contribution in [3.05, 3.63) is 23.4 Å². The second-order valence-electron chi connectivity index (χ2n) is 2.50. The van der Waals surface area contributed by atoms with Crippen LogP contribution in [0.3, 0.4) is 0 Å². The molecule has 0 fully saturated rings. The van der Waals surface area contributed by atoms with Crippen molar-refractivity contribution < 1.29 is 9.47 Å². The van der Waals surface area contributed by atoms with Crippen LogP contribution in [0.4, 0.5) is 0 Å². The van der Waals surface area contributed by atoms with Crippen LogP contribution in [0.1, 0.15) is 17.5 Å². The first-order chi connectivity index (χ1) is 6.72. The van der Waals surface area contributed by atoms with Gasteiger partial charge in [-0.1, -0.05) is 5.03 Å². The van der Waals surface area contributed by atoms with E-state index in [1.165, 1.54) is 14.2 Å². The highest BCUT2D eigenvalue weighted by Crippen LogP contribution is 2.16. The minimum Gasteiger partial charge on any atom is -0.759 e. The first-order valence-corrected chi connectivity index (χ1v) is 4.27. The van der Waals surface area contributed by atoms with Crippen molar-refractivity contribution in [2.24, 2.45) is 0 Å². The topological polar surface area (TPSA) is 55.1 Å². The number of nitriles is 1. The van der Waals surface area contributed by atoms with Crippen molar-refractivity contribution >= 4 is 12.6 Å². The smallest absolute Gasteiger partial charge is 0.200 e. The Kier molecular flexibility index (Phi) is 3.77. The molecule has 1 aromatic heterocycles. The lowest BCUT2D eigenvalue weighted by molar-refractivity contribution is -0.108. The molecule has 0 aromatic carbocycles. The number of nitrogens with zero attached hydrogens (tertiary/aromatic N) is 2. The summed E-state index contributed by atoms with van der Waals surface area (Å²) in [5, 5.41) is 8.91. The number of hydrogen-bond donors (Lipinski definition) is 0. The quantitative estimate of drug-likeness (QED) is 0.552. The van der Waals surface area contributed by atoms with Crippen molar-refractivity contribution in [2.75, 3.05) is 14.2 Å². The zero-order valence-corrected chi connectivity index (χ0v) is 8.67.